The van der Waals surface area contributed by atoms with Gasteiger partial charge in [-0.25, -0.2) is 9.18 Å². The minimum Gasteiger partial charge on any atom is -0.480 e. The number of piperidine rings is 1. The third kappa shape index (κ3) is 2.71. The van der Waals surface area contributed by atoms with Gasteiger partial charge < -0.3 is 10.0 Å². The van der Waals surface area contributed by atoms with Crippen LogP contribution in [0.3, 0.4) is 0 Å². The van der Waals surface area contributed by atoms with E-state index in [4.69, 9.17) is 16.7 Å². The molecule has 2 rings (SSSR count). The van der Waals surface area contributed by atoms with E-state index in [1.807, 2.05) is 0 Å². The van der Waals surface area contributed by atoms with Crippen molar-refractivity contribution in [2.24, 2.45) is 0 Å². The number of aliphatic carboxylic acids is 1. The molecule has 102 valence electrons. The molecule has 4 nitrogen and oxygen atoms in total. The van der Waals surface area contributed by atoms with Crippen LogP contribution in [0.4, 0.5) is 4.39 Å². The molecule has 1 aromatic rings. The quantitative estimate of drug-likeness (QED) is 0.908. The van der Waals surface area contributed by atoms with Crippen LogP contribution in [-0.2, 0) is 4.79 Å². The van der Waals surface area contributed by atoms with E-state index in [0.717, 1.165) is 12.5 Å². The summed E-state index contributed by atoms with van der Waals surface area (Å²) in [5.41, 5.74) is -0.252. The maximum atomic E-state index is 13.7. The zero-order valence-corrected chi connectivity index (χ0v) is 10.9. The summed E-state index contributed by atoms with van der Waals surface area (Å²) in [7, 11) is 0. The van der Waals surface area contributed by atoms with Gasteiger partial charge in [0, 0.05) is 6.54 Å². The second-order valence-electron chi connectivity index (χ2n) is 4.45. The maximum Gasteiger partial charge on any atom is 0.326 e. The zero-order valence-electron chi connectivity index (χ0n) is 10.1. The number of rotatable bonds is 2. The molecule has 0 saturated carbocycles. The minimum atomic E-state index is -1.07. The molecule has 1 aliphatic rings. The highest BCUT2D eigenvalue weighted by molar-refractivity contribution is 6.33. The molecule has 0 aliphatic carbocycles. The summed E-state index contributed by atoms with van der Waals surface area (Å²) in [4.78, 5) is 24.6. The summed E-state index contributed by atoms with van der Waals surface area (Å²) in [6, 6.07) is 3.05. The first-order chi connectivity index (χ1) is 9.02. The zero-order chi connectivity index (χ0) is 14.0. The van der Waals surface area contributed by atoms with Crippen molar-refractivity contribution in [1.29, 1.82) is 0 Å². The first kappa shape index (κ1) is 13.8. The van der Waals surface area contributed by atoms with Crippen molar-refractivity contribution in [1.82, 2.24) is 4.90 Å². The number of carboxylic acid groups (broad SMARTS) is 1. The lowest BCUT2D eigenvalue weighted by molar-refractivity contribution is -0.143. The van der Waals surface area contributed by atoms with Crippen molar-refractivity contribution >= 4 is 23.5 Å². The molecule has 1 amide bonds. The van der Waals surface area contributed by atoms with E-state index in [-0.39, 0.29) is 10.6 Å². The number of likely N-dealkylation sites (tertiary alicyclic amines) is 1. The van der Waals surface area contributed by atoms with E-state index in [1.54, 1.807) is 0 Å². The molecular weight excluding hydrogens is 273 g/mol. The Morgan fingerprint density at radius 2 is 2.11 bits per heavy atom. The van der Waals surface area contributed by atoms with Crippen LogP contribution in [0.25, 0.3) is 0 Å². The average molecular weight is 286 g/mol. The van der Waals surface area contributed by atoms with Gasteiger partial charge in [0.25, 0.3) is 5.91 Å². The van der Waals surface area contributed by atoms with Crippen molar-refractivity contribution in [3.8, 4) is 0 Å². The van der Waals surface area contributed by atoms with Crippen LogP contribution in [-0.4, -0.2) is 34.5 Å². The highest BCUT2D eigenvalue weighted by atomic mass is 35.5. The van der Waals surface area contributed by atoms with Crippen LogP contribution < -0.4 is 0 Å². The molecule has 1 fully saturated rings. The molecule has 1 heterocycles. The normalized spacial score (nSPS) is 19.3. The lowest BCUT2D eigenvalue weighted by Gasteiger charge is -2.33. The third-order valence-corrected chi connectivity index (χ3v) is 3.54. The Morgan fingerprint density at radius 1 is 1.37 bits per heavy atom. The molecular formula is C13H13ClFNO3. The summed E-state index contributed by atoms with van der Waals surface area (Å²) >= 11 is 5.84. The molecule has 0 aromatic heterocycles. The predicted molar refractivity (Wildman–Crippen MR) is 67.7 cm³/mol. The van der Waals surface area contributed by atoms with Crippen molar-refractivity contribution in [3.05, 3.63) is 34.6 Å². The molecule has 1 aromatic carbocycles. The predicted octanol–water partition coefficient (Wildman–Crippen LogP) is 2.56. The van der Waals surface area contributed by atoms with Crippen LogP contribution >= 0.6 is 11.6 Å². The van der Waals surface area contributed by atoms with E-state index in [0.29, 0.717) is 19.4 Å². The topological polar surface area (TPSA) is 57.6 Å². The molecule has 1 N–H and O–H groups in total. The summed E-state index contributed by atoms with van der Waals surface area (Å²) in [6.45, 7) is 0.306. The summed E-state index contributed by atoms with van der Waals surface area (Å²) < 4.78 is 13.7. The Balaban J connectivity index is 2.34. The SMILES string of the molecule is O=C(O)[C@@H]1CCCCN1C(=O)c1c(F)cccc1Cl. The van der Waals surface area contributed by atoms with Crippen molar-refractivity contribution in [2.45, 2.75) is 25.3 Å². The molecule has 0 spiro atoms. The Kier molecular flexibility index (Phi) is 4.04. The smallest absolute Gasteiger partial charge is 0.326 e. The van der Waals surface area contributed by atoms with Crippen molar-refractivity contribution in [2.75, 3.05) is 6.54 Å². The van der Waals surface area contributed by atoms with E-state index >= 15 is 0 Å². The summed E-state index contributed by atoms with van der Waals surface area (Å²) in [5, 5.41) is 9.12. The fourth-order valence-corrected chi connectivity index (χ4v) is 2.52. The Labute approximate surface area is 114 Å². The van der Waals surface area contributed by atoms with Crippen LogP contribution in [0.5, 0.6) is 0 Å². The number of nitrogens with zero attached hydrogens (tertiary/aromatic N) is 1. The highest BCUT2D eigenvalue weighted by Crippen LogP contribution is 2.25. The third-order valence-electron chi connectivity index (χ3n) is 3.23. The number of carbonyl (C=O) groups excluding carboxylic acids is 1. The van der Waals surface area contributed by atoms with Gasteiger partial charge >= 0.3 is 5.97 Å². The van der Waals surface area contributed by atoms with E-state index in [1.165, 1.54) is 17.0 Å². The minimum absolute atomic E-state index is 0.000266. The number of carboxylic acids is 1. The number of amides is 1. The molecule has 1 saturated heterocycles. The highest BCUT2D eigenvalue weighted by Gasteiger charge is 2.34. The van der Waals surface area contributed by atoms with E-state index in [9.17, 15) is 14.0 Å². The fourth-order valence-electron chi connectivity index (χ4n) is 2.28. The van der Waals surface area contributed by atoms with Crippen LogP contribution in [0.1, 0.15) is 29.6 Å². The fraction of sp³-hybridized carbons (Fsp3) is 0.385. The largest absolute Gasteiger partial charge is 0.480 e. The van der Waals surface area contributed by atoms with Gasteiger partial charge in [-0.3, -0.25) is 4.79 Å². The van der Waals surface area contributed by atoms with E-state index < -0.39 is 23.7 Å². The van der Waals surface area contributed by atoms with Crippen molar-refractivity contribution < 1.29 is 19.1 Å². The Morgan fingerprint density at radius 3 is 2.74 bits per heavy atom. The van der Waals surface area contributed by atoms with Crippen LogP contribution in [0, 0.1) is 5.82 Å². The summed E-state index contributed by atoms with van der Waals surface area (Å²) in [5.74, 6) is -2.46. The van der Waals surface area contributed by atoms with Crippen LogP contribution in [0.2, 0.25) is 5.02 Å². The monoisotopic (exact) mass is 285 g/mol. The molecule has 0 bridgehead atoms. The van der Waals surface area contributed by atoms with Crippen LogP contribution in [0.15, 0.2) is 18.2 Å². The number of hydrogen-bond donors (Lipinski definition) is 1. The van der Waals surface area contributed by atoms with Gasteiger partial charge in [0.1, 0.15) is 11.9 Å². The van der Waals surface area contributed by atoms with Gasteiger partial charge in [-0.15, -0.1) is 0 Å². The van der Waals surface area contributed by atoms with Gasteiger partial charge in [0.2, 0.25) is 0 Å². The van der Waals surface area contributed by atoms with Gasteiger partial charge in [-0.1, -0.05) is 17.7 Å². The van der Waals surface area contributed by atoms with Gasteiger partial charge in [0.15, 0.2) is 0 Å². The second kappa shape index (κ2) is 5.57. The molecule has 0 unspecified atom stereocenters. The second-order valence-corrected chi connectivity index (χ2v) is 4.85. The van der Waals surface area contributed by atoms with Gasteiger partial charge in [-0.2, -0.15) is 0 Å². The molecule has 1 atom stereocenters. The Hall–Kier alpha value is -1.62. The number of benzene rings is 1. The van der Waals surface area contributed by atoms with Crippen molar-refractivity contribution in [3.63, 3.8) is 0 Å². The molecule has 0 radical (unpaired) electrons. The average Bonchev–Trinajstić information content (AvgIpc) is 2.38. The molecule has 1 aliphatic heterocycles. The van der Waals surface area contributed by atoms with Gasteiger partial charge in [0.05, 0.1) is 10.6 Å². The maximum absolute atomic E-state index is 13.7. The van der Waals surface area contributed by atoms with Gasteiger partial charge in [-0.05, 0) is 31.4 Å². The first-order valence-corrected chi connectivity index (χ1v) is 6.38. The Bertz CT molecular complexity index is 500. The van der Waals surface area contributed by atoms with E-state index in [2.05, 4.69) is 0 Å². The lowest BCUT2D eigenvalue weighted by atomic mass is 10.0. The number of hydrogen-bond acceptors (Lipinski definition) is 2. The lowest BCUT2D eigenvalue weighted by Crippen LogP contribution is -2.48. The number of halogens is 2. The summed E-state index contributed by atoms with van der Waals surface area (Å²) in [6.07, 6.45) is 1.83. The first-order valence-electron chi connectivity index (χ1n) is 6.00. The standard InChI is InChI=1S/C13H13ClFNO3/c14-8-4-3-5-9(15)11(8)12(17)16-7-2-1-6-10(16)13(18)19/h3-5,10H,1-2,6-7H2,(H,18,19)/t10-/m0/s1. The number of carbonyl (C=O) groups is 2. The molecule has 19 heavy (non-hydrogen) atoms. The molecule has 6 heteroatoms.